The molecule has 0 saturated heterocycles. The van der Waals surface area contributed by atoms with E-state index in [4.69, 9.17) is 11.6 Å². The molecule has 1 aromatic heterocycles. The van der Waals surface area contributed by atoms with E-state index in [0.29, 0.717) is 27.4 Å². The monoisotopic (exact) mass is 300 g/mol. The van der Waals surface area contributed by atoms with Gasteiger partial charge >= 0.3 is 0 Å². The van der Waals surface area contributed by atoms with Gasteiger partial charge in [0.2, 0.25) is 0 Å². The van der Waals surface area contributed by atoms with Crippen molar-refractivity contribution in [2.24, 2.45) is 0 Å². The normalized spacial score (nSPS) is 11.1. The molecule has 106 valence electrons. The molecule has 0 fully saturated rings. The van der Waals surface area contributed by atoms with Gasteiger partial charge in [-0.3, -0.25) is 0 Å². The Balaban J connectivity index is 2.24. The summed E-state index contributed by atoms with van der Waals surface area (Å²) in [6.07, 6.45) is 0. The Kier molecular flexibility index (Phi) is 3.38. The topological polar surface area (TPSA) is 25.8 Å². The standard InChI is InChI=1S/C17H14ClFN2/c1-9-4-5-12(6-10(9)2)17-20-15-8-14(19)11(3)7-13(15)16(18)21-17/h4-8H,1-3H3. The molecule has 0 saturated carbocycles. The van der Waals surface area contributed by atoms with Gasteiger partial charge in [0.25, 0.3) is 0 Å². The van der Waals surface area contributed by atoms with Crippen LogP contribution in [0.5, 0.6) is 0 Å². The predicted molar refractivity (Wildman–Crippen MR) is 84.2 cm³/mol. The van der Waals surface area contributed by atoms with Crippen molar-refractivity contribution >= 4 is 22.5 Å². The number of aromatic nitrogens is 2. The van der Waals surface area contributed by atoms with Gasteiger partial charge in [-0.1, -0.05) is 23.7 Å². The van der Waals surface area contributed by atoms with Crippen molar-refractivity contribution in [3.8, 4) is 11.4 Å². The van der Waals surface area contributed by atoms with Gasteiger partial charge in [-0.05, 0) is 49.6 Å². The molecular formula is C17H14ClFN2. The molecule has 0 bridgehead atoms. The number of hydrogen-bond acceptors (Lipinski definition) is 2. The third-order valence-electron chi connectivity index (χ3n) is 3.69. The van der Waals surface area contributed by atoms with Crippen LogP contribution in [0.25, 0.3) is 22.3 Å². The Labute approximate surface area is 127 Å². The van der Waals surface area contributed by atoms with Crippen LogP contribution in [-0.4, -0.2) is 9.97 Å². The van der Waals surface area contributed by atoms with Gasteiger partial charge in [-0.15, -0.1) is 0 Å². The van der Waals surface area contributed by atoms with Gasteiger partial charge in [0.05, 0.1) is 5.52 Å². The minimum Gasteiger partial charge on any atom is -0.228 e. The zero-order valence-electron chi connectivity index (χ0n) is 12.0. The molecule has 0 aliphatic carbocycles. The third kappa shape index (κ3) is 2.49. The first-order valence-electron chi connectivity index (χ1n) is 6.67. The van der Waals surface area contributed by atoms with Crippen LogP contribution in [0.1, 0.15) is 16.7 Å². The van der Waals surface area contributed by atoms with Crippen molar-refractivity contribution in [2.45, 2.75) is 20.8 Å². The number of benzene rings is 2. The van der Waals surface area contributed by atoms with Crippen LogP contribution in [0.3, 0.4) is 0 Å². The summed E-state index contributed by atoms with van der Waals surface area (Å²) in [4.78, 5) is 8.79. The quantitative estimate of drug-likeness (QED) is 0.590. The smallest absolute Gasteiger partial charge is 0.161 e. The molecule has 0 N–H and O–H groups in total. The van der Waals surface area contributed by atoms with E-state index in [0.717, 1.165) is 11.1 Å². The fourth-order valence-electron chi connectivity index (χ4n) is 2.23. The Bertz CT molecular complexity index is 859. The summed E-state index contributed by atoms with van der Waals surface area (Å²) < 4.78 is 13.7. The highest BCUT2D eigenvalue weighted by Gasteiger charge is 2.11. The predicted octanol–water partition coefficient (Wildman–Crippen LogP) is 5.01. The number of rotatable bonds is 1. The molecule has 2 nitrogen and oxygen atoms in total. The molecule has 0 unspecified atom stereocenters. The Morgan fingerprint density at radius 3 is 2.38 bits per heavy atom. The van der Waals surface area contributed by atoms with Gasteiger partial charge in [0, 0.05) is 17.0 Å². The van der Waals surface area contributed by atoms with Crippen LogP contribution in [-0.2, 0) is 0 Å². The molecule has 0 amide bonds. The van der Waals surface area contributed by atoms with E-state index >= 15 is 0 Å². The summed E-state index contributed by atoms with van der Waals surface area (Å²) >= 11 is 6.23. The molecular weight excluding hydrogens is 287 g/mol. The fourth-order valence-corrected chi connectivity index (χ4v) is 2.46. The molecule has 0 atom stereocenters. The highest BCUT2D eigenvalue weighted by Crippen LogP contribution is 2.27. The highest BCUT2D eigenvalue weighted by molar-refractivity contribution is 6.34. The molecule has 2 aromatic carbocycles. The molecule has 1 heterocycles. The maximum atomic E-state index is 13.7. The maximum Gasteiger partial charge on any atom is 0.161 e. The van der Waals surface area contributed by atoms with Gasteiger partial charge in [-0.25, -0.2) is 14.4 Å². The van der Waals surface area contributed by atoms with Gasteiger partial charge < -0.3 is 0 Å². The zero-order valence-corrected chi connectivity index (χ0v) is 12.8. The third-order valence-corrected chi connectivity index (χ3v) is 3.98. The molecule has 0 aliphatic rings. The number of nitrogens with zero attached hydrogens (tertiary/aromatic N) is 2. The van der Waals surface area contributed by atoms with Crippen molar-refractivity contribution in [3.63, 3.8) is 0 Å². The number of aryl methyl sites for hydroxylation is 3. The lowest BCUT2D eigenvalue weighted by molar-refractivity contribution is 0.620. The van der Waals surface area contributed by atoms with Gasteiger partial charge in [0.15, 0.2) is 5.82 Å². The summed E-state index contributed by atoms with van der Waals surface area (Å²) in [5.41, 5.74) is 4.29. The first-order chi connectivity index (χ1) is 9.95. The lowest BCUT2D eigenvalue weighted by Gasteiger charge is -2.08. The van der Waals surface area contributed by atoms with E-state index < -0.39 is 0 Å². The van der Waals surface area contributed by atoms with E-state index in [1.807, 2.05) is 32.0 Å². The lowest BCUT2D eigenvalue weighted by Crippen LogP contribution is -1.95. The number of hydrogen-bond donors (Lipinski definition) is 0. The summed E-state index contributed by atoms with van der Waals surface area (Å²) in [6.45, 7) is 5.78. The van der Waals surface area contributed by atoms with Crippen LogP contribution >= 0.6 is 11.6 Å². The van der Waals surface area contributed by atoms with Gasteiger partial charge in [-0.2, -0.15) is 0 Å². The average molecular weight is 301 g/mol. The lowest BCUT2D eigenvalue weighted by atomic mass is 10.1. The van der Waals surface area contributed by atoms with Crippen LogP contribution in [0.4, 0.5) is 4.39 Å². The second-order valence-corrected chi connectivity index (χ2v) is 5.61. The van der Waals surface area contributed by atoms with Gasteiger partial charge in [0.1, 0.15) is 11.0 Å². The molecule has 3 aromatic rings. The number of fused-ring (bicyclic) bond motifs is 1. The Hall–Kier alpha value is -2.00. The summed E-state index contributed by atoms with van der Waals surface area (Å²) in [5.74, 6) is 0.224. The molecule has 4 heteroatoms. The second kappa shape index (κ2) is 5.08. The molecule has 21 heavy (non-hydrogen) atoms. The van der Waals surface area contributed by atoms with Crippen LogP contribution in [0.2, 0.25) is 5.15 Å². The van der Waals surface area contributed by atoms with Crippen LogP contribution < -0.4 is 0 Å². The van der Waals surface area contributed by atoms with E-state index in [1.54, 1.807) is 13.0 Å². The van der Waals surface area contributed by atoms with Crippen LogP contribution in [0.15, 0.2) is 30.3 Å². The molecule has 0 aliphatic heterocycles. The first kappa shape index (κ1) is 14.0. The summed E-state index contributed by atoms with van der Waals surface area (Å²) in [6, 6.07) is 9.06. The minimum atomic E-state index is -0.289. The molecule has 0 radical (unpaired) electrons. The van der Waals surface area contributed by atoms with Crippen molar-refractivity contribution < 1.29 is 4.39 Å². The highest BCUT2D eigenvalue weighted by atomic mass is 35.5. The molecule has 3 rings (SSSR count). The van der Waals surface area contributed by atoms with Crippen molar-refractivity contribution in [2.75, 3.05) is 0 Å². The Morgan fingerprint density at radius 2 is 1.67 bits per heavy atom. The summed E-state index contributed by atoms with van der Waals surface area (Å²) in [7, 11) is 0. The Morgan fingerprint density at radius 1 is 0.905 bits per heavy atom. The summed E-state index contributed by atoms with van der Waals surface area (Å²) in [5, 5.41) is 1.01. The van der Waals surface area contributed by atoms with Crippen molar-refractivity contribution in [1.29, 1.82) is 0 Å². The average Bonchev–Trinajstić information content (AvgIpc) is 2.44. The van der Waals surface area contributed by atoms with E-state index in [1.165, 1.54) is 11.6 Å². The van der Waals surface area contributed by atoms with E-state index in [2.05, 4.69) is 9.97 Å². The largest absolute Gasteiger partial charge is 0.228 e. The van der Waals surface area contributed by atoms with E-state index in [-0.39, 0.29) is 5.82 Å². The van der Waals surface area contributed by atoms with Crippen molar-refractivity contribution in [3.05, 3.63) is 58.0 Å². The molecule has 0 spiro atoms. The van der Waals surface area contributed by atoms with Crippen LogP contribution in [0, 0.1) is 26.6 Å². The zero-order chi connectivity index (χ0) is 15.1. The van der Waals surface area contributed by atoms with Crippen molar-refractivity contribution in [1.82, 2.24) is 9.97 Å². The fraction of sp³-hybridized carbons (Fsp3) is 0.176. The first-order valence-corrected chi connectivity index (χ1v) is 7.04. The van der Waals surface area contributed by atoms with E-state index in [9.17, 15) is 4.39 Å². The maximum absolute atomic E-state index is 13.7. The minimum absolute atomic E-state index is 0.289. The SMILES string of the molecule is Cc1ccc(-c2nc(Cl)c3cc(C)c(F)cc3n2)cc1C. The number of halogens is 2. The second-order valence-electron chi connectivity index (χ2n) is 5.26.